The van der Waals surface area contributed by atoms with Gasteiger partial charge in [0.2, 0.25) is 5.91 Å². The van der Waals surface area contributed by atoms with Crippen LogP contribution in [0.5, 0.6) is 0 Å². The normalized spacial score (nSPS) is 12.8. The molecule has 0 saturated carbocycles. The Labute approximate surface area is 162 Å². The summed E-state index contributed by atoms with van der Waals surface area (Å²) < 4.78 is 12.9. The van der Waals surface area contributed by atoms with Gasteiger partial charge in [-0.25, -0.2) is 4.39 Å². The van der Waals surface area contributed by atoms with Crippen molar-refractivity contribution in [1.82, 2.24) is 10.9 Å². The van der Waals surface area contributed by atoms with E-state index in [1.54, 1.807) is 0 Å². The molecule has 2 aromatic rings. The van der Waals surface area contributed by atoms with Crippen LogP contribution in [0, 0.1) is 5.82 Å². The lowest BCUT2D eigenvalue weighted by Crippen LogP contribution is -2.47. The molecule has 7 heteroatoms. The van der Waals surface area contributed by atoms with Gasteiger partial charge < -0.3 is 4.90 Å². The lowest BCUT2D eigenvalue weighted by atomic mass is 10.0. The van der Waals surface area contributed by atoms with Crippen LogP contribution in [0.3, 0.4) is 0 Å². The van der Waals surface area contributed by atoms with Crippen LogP contribution in [0.2, 0.25) is 0 Å². The Balaban J connectivity index is 1.42. The van der Waals surface area contributed by atoms with E-state index in [-0.39, 0.29) is 31.1 Å². The van der Waals surface area contributed by atoms with Gasteiger partial charge in [0.15, 0.2) is 5.78 Å². The van der Waals surface area contributed by atoms with Crippen LogP contribution >= 0.6 is 0 Å². The van der Waals surface area contributed by atoms with Crippen molar-refractivity contribution in [3.63, 3.8) is 0 Å². The van der Waals surface area contributed by atoms with Gasteiger partial charge in [-0.1, -0.05) is 18.2 Å². The number of hydrogen-bond acceptors (Lipinski definition) is 4. The first kappa shape index (κ1) is 19.5. The molecule has 2 N–H and O–H groups in total. The molecule has 0 bridgehead atoms. The minimum absolute atomic E-state index is 0.0210. The number of halogens is 1. The SMILES string of the molecule is O=C(CCC(=O)c1ccc(F)cc1)NNC(=O)CN1CCCc2ccccc21. The third kappa shape index (κ3) is 5.16. The predicted octanol–water partition coefficient (Wildman–Crippen LogP) is 2.39. The van der Waals surface area contributed by atoms with Crippen LogP contribution in [0.25, 0.3) is 0 Å². The van der Waals surface area contributed by atoms with Crippen LogP contribution in [-0.4, -0.2) is 30.7 Å². The average Bonchev–Trinajstić information content (AvgIpc) is 2.71. The number of hydrogen-bond donors (Lipinski definition) is 2. The molecule has 0 spiro atoms. The standard InChI is InChI=1S/C21H22FN3O3/c22-17-9-7-16(8-10-17)19(26)11-12-20(27)23-24-21(28)14-25-13-3-5-15-4-1-2-6-18(15)25/h1-2,4,6-10H,3,5,11-14H2,(H,23,27)(H,24,28). The lowest BCUT2D eigenvalue weighted by Gasteiger charge is -2.30. The molecule has 6 nitrogen and oxygen atoms in total. The highest BCUT2D eigenvalue weighted by molar-refractivity contribution is 5.98. The van der Waals surface area contributed by atoms with Crippen LogP contribution in [0.4, 0.5) is 10.1 Å². The topological polar surface area (TPSA) is 78.5 Å². The molecule has 0 aromatic heterocycles. The third-order valence-electron chi connectivity index (χ3n) is 4.63. The van der Waals surface area contributed by atoms with Crippen LogP contribution in [0.15, 0.2) is 48.5 Å². The van der Waals surface area contributed by atoms with Crippen LogP contribution in [-0.2, 0) is 16.0 Å². The van der Waals surface area contributed by atoms with Gasteiger partial charge >= 0.3 is 0 Å². The van der Waals surface area contributed by atoms with E-state index in [9.17, 15) is 18.8 Å². The van der Waals surface area contributed by atoms with Crippen LogP contribution < -0.4 is 15.8 Å². The Bertz CT molecular complexity index is 867. The number of fused-ring (bicyclic) bond motifs is 1. The minimum atomic E-state index is -0.456. The van der Waals surface area contributed by atoms with E-state index in [1.807, 2.05) is 23.1 Å². The summed E-state index contributed by atoms with van der Waals surface area (Å²) >= 11 is 0. The van der Waals surface area contributed by atoms with Gasteiger partial charge in [0.1, 0.15) is 5.82 Å². The highest BCUT2D eigenvalue weighted by Gasteiger charge is 2.19. The number of Topliss-reactive ketones (excluding diaryl/α,β-unsaturated/α-hetero) is 1. The zero-order valence-corrected chi connectivity index (χ0v) is 15.4. The number of carbonyl (C=O) groups excluding carboxylic acids is 3. The number of ketones is 1. The van der Waals surface area contributed by atoms with Crippen molar-refractivity contribution in [3.05, 3.63) is 65.5 Å². The summed E-state index contributed by atoms with van der Waals surface area (Å²) in [6.07, 6.45) is 1.88. The van der Waals surface area contributed by atoms with E-state index in [0.717, 1.165) is 25.1 Å². The number of benzene rings is 2. The molecule has 28 heavy (non-hydrogen) atoms. The number of amides is 2. The minimum Gasteiger partial charge on any atom is -0.362 e. The number of carbonyl (C=O) groups is 3. The first-order valence-electron chi connectivity index (χ1n) is 9.22. The smallest absolute Gasteiger partial charge is 0.257 e. The van der Waals surface area contributed by atoms with E-state index in [2.05, 4.69) is 16.9 Å². The Kier molecular flexibility index (Phi) is 6.37. The molecule has 2 amide bonds. The van der Waals surface area contributed by atoms with Crippen molar-refractivity contribution in [2.45, 2.75) is 25.7 Å². The number of aryl methyl sites for hydroxylation is 1. The number of nitrogens with zero attached hydrogens (tertiary/aromatic N) is 1. The maximum atomic E-state index is 12.9. The second-order valence-electron chi connectivity index (χ2n) is 6.68. The van der Waals surface area contributed by atoms with Gasteiger partial charge in [-0.2, -0.15) is 0 Å². The summed E-state index contributed by atoms with van der Waals surface area (Å²) in [6.45, 7) is 0.927. The molecule has 0 atom stereocenters. The van der Waals surface area contributed by atoms with Gasteiger partial charge in [0, 0.05) is 30.6 Å². The Morgan fingerprint density at radius 1 is 0.929 bits per heavy atom. The number of hydrazine groups is 1. The van der Waals surface area contributed by atoms with Crippen molar-refractivity contribution in [3.8, 4) is 0 Å². The molecular formula is C21H22FN3O3. The molecule has 0 unspecified atom stereocenters. The van der Waals surface area contributed by atoms with Crippen molar-refractivity contribution >= 4 is 23.3 Å². The average molecular weight is 383 g/mol. The fourth-order valence-electron chi connectivity index (χ4n) is 3.20. The maximum absolute atomic E-state index is 12.9. The van der Waals surface area contributed by atoms with Gasteiger partial charge in [-0.15, -0.1) is 0 Å². The molecule has 3 rings (SSSR count). The summed E-state index contributed by atoms with van der Waals surface area (Å²) in [4.78, 5) is 38.0. The molecule has 0 radical (unpaired) electrons. The van der Waals surface area contributed by atoms with E-state index >= 15 is 0 Å². The highest BCUT2D eigenvalue weighted by atomic mass is 19.1. The first-order valence-corrected chi connectivity index (χ1v) is 9.22. The number of para-hydroxylation sites is 1. The van der Waals surface area contributed by atoms with E-state index in [0.29, 0.717) is 5.56 Å². The van der Waals surface area contributed by atoms with Crippen molar-refractivity contribution in [1.29, 1.82) is 0 Å². The predicted molar refractivity (Wildman–Crippen MR) is 103 cm³/mol. The Morgan fingerprint density at radius 3 is 2.43 bits per heavy atom. The molecule has 1 aliphatic rings. The molecule has 0 saturated heterocycles. The molecule has 1 aliphatic heterocycles. The summed E-state index contributed by atoms with van der Waals surface area (Å²) in [5.74, 6) is -1.46. The zero-order valence-electron chi connectivity index (χ0n) is 15.4. The molecular weight excluding hydrogens is 361 g/mol. The fourth-order valence-corrected chi connectivity index (χ4v) is 3.20. The van der Waals surface area contributed by atoms with Crippen LogP contribution in [0.1, 0.15) is 35.2 Å². The summed E-state index contributed by atoms with van der Waals surface area (Å²) in [7, 11) is 0. The van der Waals surface area contributed by atoms with E-state index in [1.165, 1.54) is 29.8 Å². The lowest BCUT2D eigenvalue weighted by molar-refractivity contribution is -0.128. The third-order valence-corrected chi connectivity index (χ3v) is 4.63. The molecule has 146 valence electrons. The van der Waals surface area contributed by atoms with Gasteiger partial charge in [0.05, 0.1) is 6.54 Å². The largest absolute Gasteiger partial charge is 0.362 e. The zero-order chi connectivity index (χ0) is 19.9. The second-order valence-corrected chi connectivity index (χ2v) is 6.68. The summed E-state index contributed by atoms with van der Waals surface area (Å²) in [5.41, 5.74) is 7.33. The first-order chi connectivity index (χ1) is 13.5. The molecule has 2 aromatic carbocycles. The summed E-state index contributed by atoms with van der Waals surface area (Å²) in [5, 5.41) is 0. The van der Waals surface area contributed by atoms with Gasteiger partial charge in [-0.05, 0) is 48.7 Å². The van der Waals surface area contributed by atoms with E-state index < -0.39 is 11.7 Å². The Hall–Kier alpha value is -3.22. The summed E-state index contributed by atoms with van der Waals surface area (Å²) in [6, 6.07) is 13.1. The molecule has 0 fully saturated rings. The molecule has 1 heterocycles. The van der Waals surface area contributed by atoms with Crippen molar-refractivity contribution in [2.24, 2.45) is 0 Å². The van der Waals surface area contributed by atoms with Crippen molar-refractivity contribution < 1.29 is 18.8 Å². The quantitative estimate of drug-likeness (QED) is 0.593. The highest BCUT2D eigenvalue weighted by Crippen LogP contribution is 2.26. The monoisotopic (exact) mass is 383 g/mol. The van der Waals surface area contributed by atoms with E-state index in [4.69, 9.17) is 0 Å². The van der Waals surface area contributed by atoms with Gasteiger partial charge in [-0.3, -0.25) is 25.2 Å². The fraction of sp³-hybridized carbons (Fsp3) is 0.286. The Morgan fingerprint density at radius 2 is 1.64 bits per heavy atom. The second kappa shape index (κ2) is 9.12. The number of anilines is 1. The van der Waals surface area contributed by atoms with Gasteiger partial charge in [0.25, 0.3) is 5.91 Å². The number of nitrogens with one attached hydrogen (secondary N) is 2. The number of rotatable bonds is 6. The maximum Gasteiger partial charge on any atom is 0.257 e. The molecule has 0 aliphatic carbocycles. The van der Waals surface area contributed by atoms with Crippen molar-refractivity contribution in [2.75, 3.05) is 18.0 Å².